The van der Waals surface area contributed by atoms with Gasteiger partial charge in [-0.15, -0.1) is 0 Å². The van der Waals surface area contributed by atoms with Gasteiger partial charge in [-0.2, -0.15) is 17.0 Å². The van der Waals surface area contributed by atoms with E-state index in [4.69, 9.17) is 0 Å². The predicted molar refractivity (Wildman–Crippen MR) is 86.8 cm³/mol. The summed E-state index contributed by atoms with van der Waals surface area (Å²) in [6, 6.07) is 0. The van der Waals surface area contributed by atoms with Gasteiger partial charge in [0.25, 0.3) is 10.2 Å². The summed E-state index contributed by atoms with van der Waals surface area (Å²) in [5.41, 5.74) is 0.966. The molecule has 0 aromatic carbocycles. The van der Waals surface area contributed by atoms with Crippen LogP contribution in [-0.4, -0.2) is 61.2 Å². The number of aromatic nitrogens is 2. The first kappa shape index (κ1) is 17.1. The SMILES string of the molecule is CNc1cnc(CC2CCCN(S(=O)(=O)N(C)C)CC2)cn1. The van der Waals surface area contributed by atoms with Gasteiger partial charge in [0.2, 0.25) is 0 Å². The highest BCUT2D eigenvalue weighted by Gasteiger charge is 2.27. The molecule has 0 spiro atoms. The molecule has 1 saturated heterocycles. The van der Waals surface area contributed by atoms with Crippen molar-refractivity contribution < 1.29 is 8.42 Å². The summed E-state index contributed by atoms with van der Waals surface area (Å²) in [7, 11) is 1.68. The molecule has 2 heterocycles. The van der Waals surface area contributed by atoms with Gasteiger partial charge < -0.3 is 5.32 Å². The molecular formula is C14H25N5O2S. The fourth-order valence-corrected chi connectivity index (χ4v) is 3.85. The van der Waals surface area contributed by atoms with Crippen LogP contribution in [0.2, 0.25) is 0 Å². The minimum Gasteiger partial charge on any atom is -0.372 e. The average molecular weight is 327 g/mol. The third-order valence-corrected chi connectivity index (χ3v) is 5.99. The Morgan fingerprint density at radius 3 is 2.64 bits per heavy atom. The van der Waals surface area contributed by atoms with E-state index >= 15 is 0 Å². The lowest BCUT2D eigenvalue weighted by atomic mass is 9.95. The van der Waals surface area contributed by atoms with Crippen molar-refractivity contribution in [3.05, 3.63) is 18.1 Å². The average Bonchev–Trinajstić information content (AvgIpc) is 2.74. The van der Waals surface area contributed by atoms with Gasteiger partial charge in [0.05, 0.1) is 18.1 Å². The maximum absolute atomic E-state index is 12.2. The topological polar surface area (TPSA) is 78.4 Å². The molecule has 1 aromatic heterocycles. The molecule has 0 bridgehead atoms. The Kier molecular flexibility index (Phi) is 5.71. The Balaban J connectivity index is 1.95. The lowest BCUT2D eigenvalue weighted by Gasteiger charge is -2.23. The molecular weight excluding hydrogens is 302 g/mol. The Morgan fingerprint density at radius 2 is 2.05 bits per heavy atom. The second-order valence-electron chi connectivity index (χ2n) is 5.83. The highest BCUT2D eigenvalue weighted by Crippen LogP contribution is 2.23. The monoisotopic (exact) mass is 327 g/mol. The molecule has 1 fully saturated rings. The number of nitrogens with one attached hydrogen (secondary N) is 1. The summed E-state index contributed by atoms with van der Waals surface area (Å²) in [4.78, 5) is 8.68. The number of hydrogen-bond donors (Lipinski definition) is 1. The zero-order chi connectivity index (χ0) is 16.2. The fraction of sp³-hybridized carbons (Fsp3) is 0.714. The second kappa shape index (κ2) is 7.34. The van der Waals surface area contributed by atoms with Crippen LogP contribution in [-0.2, 0) is 16.6 Å². The smallest absolute Gasteiger partial charge is 0.281 e. The Morgan fingerprint density at radius 1 is 1.27 bits per heavy atom. The summed E-state index contributed by atoms with van der Waals surface area (Å²) >= 11 is 0. The maximum Gasteiger partial charge on any atom is 0.281 e. The molecule has 8 heteroatoms. The Hall–Kier alpha value is -1.25. The van der Waals surface area contributed by atoms with E-state index in [0.717, 1.165) is 37.2 Å². The van der Waals surface area contributed by atoms with Crippen molar-refractivity contribution in [3.8, 4) is 0 Å². The molecule has 1 N–H and O–H groups in total. The molecule has 1 atom stereocenters. The van der Waals surface area contributed by atoms with Crippen molar-refractivity contribution in [2.75, 3.05) is 39.5 Å². The van der Waals surface area contributed by atoms with Gasteiger partial charge in [0.15, 0.2) is 0 Å². The van der Waals surface area contributed by atoms with Crippen molar-refractivity contribution in [3.63, 3.8) is 0 Å². The van der Waals surface area contributed by atoms with Gasteiger partial charge in [0.1, 0.15) is 5.82 Å². The molecule has 1 aromatic rings. The number of nitrogens with zero attached hydrogens (tertiary/aromatic N) is 4. The normalized spacial score (nSPS) is 20.8. The lowest BCUT2D eigenvalue weighted by molar-refractivity contribution is 0.376. The largest absolute Gasteiger partial charge is 0.372 e. The van der Waals surface area contributed by atoms with E-state index in [-0.39, 0.29) is 0 Å². The first-order valence-corrected chi connectivity index (χ1v) is 8.99. The van der Waals surface area contributed by atoms with Gasteiger partial charge >= 0.3 is 0 Å². The van der Waals surface area contributed by atoms with Crippen molar-refractivity contribution in [2.24, 2.45) is 5.92 Å². The zero-order valence-corrected chi connectivity index (χ0v) is 14.3. The minimum absolute atomic E-state index is 0.456. The summed E-state index contributed by atoms with van der Waals surface area (Å²) < 4.78 is 27.3. The molecule has 2 rings (SSSR count). The lowest BCUT2D eigenvalue weighted by Crippen LogP contribution is -2.40. The minimum atomic E-state index is -3.30. The van der Waals surface area contributed by atoms with Crippen molar-refractivity contribution >= 4 is 16.0 Å². The van der Waals surface area contributed by atoms with Crippen LogP contribution >= 0.6 is 0 Å². The molecule has 7 nitrogen and oxygen atoms in total. The van der Waals surface area contributed by atoms with E-state index in [1.165, 1.54) is 4.31 Å². The molecule has 1 aliphatic rings. The van der Waals surface area contributed by atoms with Crippen LogP contribution in [0.1, 0.15) is 25.0 Å². The third kappa shape index (κ3) is 4.15. The van der Waals surface area contributed by atoms with E-state index in [0.29, 0.717) is 19.0 Å². The highest BCUT2D eigenvalue weighted by atomic mass is 32.2. The quantitative estimate of drug-likeness (QED) is 0.872. The fourth-order valence-electron chi connectivity index (χ4n) is 2.69. The second-order valence-corrected chi connectivity index (χ2v) is 7.98. The molecule has 0 amide bonds. The number of rotatable bonds is 5. The van der Waals surface area contributed by atoms with E-state index in [1.807, 2.05) is 7.05 Å². The van der Waals surface area contributed by atoms with E-state index in [2.05, 4.69) is 15.3 Å². The first-order chi connectivity index (χ1) is 10.4. The Labute approximate surface area is 132 Å². The van der Waals surface area contributed by atoms with Gasteiger partial charge in [-0.25, -0.2) is 4.98 Å². The molecule has 0 aliphatic carbocycles. The van der Waals surface area contributed by atoms with Crippen LogP contribution < -0.4 is 5.32 Å². The third-order valence-electron chi connectivity index (χ3n) is 4.05. The molecule has 0 saturated carbocycles. The van der Waals surface area contributed by atoms with E-state index in [9.17, 15) is 8.42 Å². The molecule has 1 unspecified atom stereocenters. The standard InChI is InChI=1S/C14H25N5O2S/c1-15-14-11-16-13(10-17-14)9-12-5-4-7-19(8-6-12)22(20,21)18(2)3/h10-12H,4-9H2,1-3H3,(H,15,17). The predicted octanol–water partition coefficient (Wildman–Crippen LogP) is 0.969. The van der Waals surface area contributed by atoms with Crippen LogP contribution in [0.15, 0.2) is 12.4 Å². The van der Waals surface area contributed by atoms with E-state index in [1.54, 1.807) is 30.8 Å². The molecule has 124 valence electrons. The van der Waals surface area contributed by atoms with Crippen LogP contribution in [0.25, 0.3) is 0 Å². The summed E-state index contributed by atoms with van der Waals surface area (Å²) in [6.45, 7) is 1.18. The summed E-state index contributed by atoms with van der Waals surface area (Å²) in [5, 5.41) is 2.95. The summed E-state index contributed by atoms with van der Waals surface area (Å²) in [6.07, 6.45) is 7.16. The van der Waals surface area contributed by atoms with Crippen LogP contribution in [0, 0.1) is 5.92 Å². The molecule has 22 heavy (non-hydrogen) atoms. The van der Waals surface area contributed by atoms with Crippen LogP contribution in [0.3, 0.4) is 0 Å². The molecule has 0 radical (unpaired) electrons. The zero-order valence-electron chi connectivity index (χ0n) is 13.5. The highest BCUT2D eigenvalue weighted by molar-refractivity contribution is 7.86. The van der Waals surface area contributed by atoms with Gasteiger partial charge in [-0.3, -0.25) is 4.98 Å². The van der Waals surface area contributed by atoms with E-state index < -0.39 is 10.2 Å². The van der Waals surface area contributed by atoms with Gasteiger partial charge in [-0.1, -0.05) is 0 Å². The number of anilines is 1. The van der Waals surface area contributed by atoms with Crippen molar-refractivity contribution in [1.29, 1.82) is 0 Å². The van der Waals surface area contributed by atoms with Crippen molar-refractivity contribution in [1.82, 2.24) is 18.6 Å². The molecule has 1 aliphatic heterocycles. The van der Waals surface area contributed by atoms with Crippen molar-refractivity contribution in [2.45, 2.75) is 25.7 Å². The number of hydrogen-bond acceptors (Lipinski definition) is 5. The first-order valence-electron chi connectivity index (χ1n) is 7.59. The van der Waals surface area contributed by atoms with Crippen LogP contribution in [0.4, 0.5) is 5.82 Å². The Bertz CT molecular complexity index is 573. The maximum atomic E-state index is 12.2. The summed E-state index contributed by atoms with van der Waals surface area (Å²) in [5.74, 6) is 1.21. The van der Waals surface area contributed by atoms with Gasteiger partial charge in [0, 0.05) is 34.2 Å². The van der Waals surface area contributed by atoms with Crippen LogP contribution in [0.5, 0.6) is 0 Å². The van der Waals surface area contributed by atoms with Gasteiger partial charge in [-0.05, 0) is 31.6 Å².